The summed E-state index contributed by atoms with van der Waals surface area (Å²) in [6, 6.07) is 8.40. The lowest BCUT2D eigenvalue weighted by atomic mass is 9.90. The van der Waals surface area contributed by atoms with Crippen LogP contribution in [0.4, 0.5) is 0 Å². The van der Waals surface area contributed by atoms with Crippen molar-refractivity contribution in [2.24, 2.45) is 5.16 Å². The number of aryl methyl sites for hydroxylation is 1. The average molecular weight is 201 g/mol. The van der Waals surface area contributed by atoms with Gasteiger partial charge in [0.15, 0.2) is 0 Å². The van der Waals surface area contributed by atoms with Crippen LogP contribution in [0.25, 0.3) is 0 Å². The van der Waals surface area contributed by atoms with Crippen molar-refractivity contribution in [3.8, 4) is 0 Å². The highest BCUT2D eigenvalue weighted by atomic mass is 16.6. The molecule has 2 heteroatoms. The molecule has 2 nitrogen and oxygen atoms in total. The van der Waals surface area contributed by atoms with Crippen LogP contribution in [0.15, 0.2) is 42.1 Å². The predicted molar refractivity (Wildman–Crippen MR) is 62.1 cm³/mol. The van der Waals surface area contributed by atoms with Gasteiger partial charge in [-0.15, -0.1) is 0 Å². The monoisotopic (exact) mass is 201 g/mol. The van der Waals surface area contributed by atoms with Gasteiger partial charge < -0.3 is 4.84 Å². The Morgan fingerprint density at radius 1 is 1.33 bits per heavy atom. The van der Waals surface area contributed by atoms with Crippen LogP contribution >= 0.6 is 0 Å². The molecule has 0 atom stereocenters. The van der Waals surface area contributed by atoms with Gasteiger partial charge in [-0.25, -0.2) is 0 Å². The van der Waals surface area contributed by atoms with Crippen molar-refractivity contribution in [3.63, 3.8) is 0 Å². The van der Waals surface area contributed by atoms with E-state index in [1.807, 2.05) is 6.07 Å². The fraction of sp³-hybridized carbons (Fsp3) is 0.308. The highest BCUT2D eigenvalue weighted by Crippen LogP contribution is 2.21. The molecule has 0 saturated carbocycles. The molecule has 0 spiro atoms. The second-order valence-electron chi connectivity index (χ2n) is 3.63. The molecule has 78 valence electrons. The van der Waals surface area contributed by atoms with Gasteiger partial charge in [-0.3, -0.25) is 0 Å². The maximum atomic E-state index is 5.15. The highest BCUT2D eigenvalue weighted by Gasteiger charge is 2.14. The minimum absolute atomic E-state index is 0.478. The Bertz CT molecular complexity index is 382. The maximum Gasteiger partial charge on any atom is 0.135 e. The minimum Gasteiger partial charge on any atom is -0.391 e. The van der Waals surface area contributed by atoms with Gasteiger partial charge in [-0.2, -0.15) is 0 Å². The fourth-order valence-corrected chi connectivity index (χ4v) is 1.86. The predicted octanol–water partition coefficient (Wildman–Crippen LogP) is 2.93. The number of rotatable bonds is 3. The Labute approximate surface area is 90.3 Å². The molecule has 15 heavy (non-hydrogen) atoms. The number of hydrogen-bond donors (Lipinski definition) is 0. The number of fused-ring (bicyclic) bond motifs is 1. The van der Waals surface area contributed by atoms with Crippen LogP contribution in [0.5, 0.6) is 0 Å². The van der Waals surface area contributed by atoms with E-state index in [0.29, 0.717) is 6.61 Å². The molecule has 0 amide bonds. The SMILES string of the molecule is C=CCO/N=C1\CCCc2ccccc21. The Balaban J connectivity index is 2.21. The van der Waals surface area contributed by atoms with Crippen LogP contribution in [0.2, 0.25) is 0 Å². The lowest BCUT2D eigenvalue weighted by Crippen LogP contribution is -2.12. The van der Waals surface area contributed by atoms with Crippen molar-refractivity contribution in [2.45, 2.75) is 19.3 Å². The highest BCUT2D eigenvalue weighted by molar-refractivity contribution is 6.02. The summed E-state index contributed by atoms with van der Waals surface area (Å²) in [6.45, 7) is 4.07. The Morgan fingerprint density at radius 2 is 2.20 bits per heavy atom. The van der Waals surface area contributed by atoms with Crippen molar-refractivity contribution in [1.29, 1.82) is 0 Å². The van der Waals surface area contributed by atoms with E-state index < -0.39 is 0 Å². The van der Waals surface area contributed by atoms with E-state index >= 15 is 0 Å². The van der Waals surface area contributed by atoms with E-state index in [4.69, 9.17) is 4.84 Å². The molecular formula is C13H15NO. The summed E-state index contributed by atoms with van der Waals surface area (Å²) >= 11 is 0. The normalized spacial score (nSPS) is 17.2. The lowest BCUT2D eigenvalue weighted by molar-refractivity contribution is 0.174. The third-order valence-electron chi connectivity index (χ3n) is 2.56. The van der Waals surface area contributed by atoms with Crippen molar-refractivity contribution in [1.82, 2.24) is 0 Å². The van der Waals surface area contributed by atoms with Gasteiger partial charge >= 0.3 is 0 Å². The van der Waals surface area contributed by atoms with Crippen LogP contribution in [0.1, 0.15) is 24.0 Å². The molecule has 0 saturated heterocycles. The average Bonchev–Trinajstić information content (AvgIpc) is 2.30. The minimum atomic E-state index is 0.478. The van der Waals surface area contributed by atoms with Crippen LogP contribution in [-0.2, 0) is 11.3 Å². The summed E-state index contributed by atoms with van der Waals surface area (Å²) in [4.78, 5) is 5.15. The summed E-state index contributed by atoms with van der Waals surface area (Å²) in [5.74, 6) is 0. The van der Waals surface area contributed by atoms with Crippen LogP contribution < -0.4 is 0 Å². The zero-order chi connectivity index (χ0) is 10.5. The van der Waals surface area contributed by atoms with Crippen LogP contribution in [0, 0.1) is 0 Å². The number of oxime groups is 1. The zero-order valence-electron chi connectivity index (χ0n) is 8.78. The molecule has 0 fully saturated rings. The first-order valence-electron chi connectivity index (χ1n) is 5.30. The van der Waals surface area contributed by atoms with E-state index in [1.165, 1.54) is 11.1 Å². The van der Waals surface area contributed by atoms with Gasteiger partial charge in [0.1, 0.15) is 6.61 Å². The van der Waals surface area contributed by atoms with Gasteiger partial charge in [-0.05, 0) is 24.8 Å². The van der Waals surface area contributed by atoms with Gasteiger partial charge in [0.05, 0.1) is 5.71 Å². The Kier molecular flexibility index (Phi) is 3.18. The van der Waals surface area contributed by atoms with Crippen LogP contribution in [0.3, 0.4) is 0 Å². The summed E-state index contributed by atoms with van der Waals surface area (Å²) in [6.07, 6.45) is 5.02. The molecule has 0 aliphatic heterocycles. The fourth-order valence-electron chi connectivity index (χ4n) is 1.86. The molecule has 2 rings (SSSR count). The molecule has 0 N–H and O–H groups in total. The molecule has 0 unspecified atom stereocenters. The van der Waals surface area contributed by atoms with E-state index in [0.717, 1.165) is 25.0 Å². The molecular weight excluding hydrogens is 186 g/mol. The standard InChI is InChI=1S/C13H15NO/c1-2-10-15-14-13-9-5-7-11-6-3-4-8-12(11)13/h2-4,6,8H,1,5,7,9-10H2/b14-13+. The third-order valence-corrected chi connectivity index (χ3v) is 2.56. The largest absolute Gasteiger partial charge is 0.391 e. The Hall–Kier alpha value is -1.57. The third kappa shape index (κ3) is 2.27. The molecule has 1 aliphatic rings. The number of nitrogens with zero attached hydrogens (tertiary/aromatic N) is 1. The Morgan fingerprint density at radius 3 is 3.07 bits per heavy atom. The van der Waals surface area contributed by atoms with Crippen molar-refractivity contribution >= 4 is 5.71 Å². The first-order chi connectivity index (χ1) is 7.42. The molecule has 0 bridgehead atoms. The smallest absolute Gasteiger partial charge is 0.135 e. The van der Waals surface area contributed by atoms with Crippen molar-refractivity contribution in [3.05, 3.63) is 48.0 Å². The topological polar surface area (TPSA) is 21.6 Å². The van der Waals surface area contributed by atoms with E-state index in [9.17, 15) is 0 Å². The molecule has 0 aromatic heterocycles. The molecule has 1 aromatic rings. The van der Waals surface area contributed by atoms with Crippen molar-refractivity contribution in [2.75, 3.05) is 6.61 Å². The quantitative estimate of drug-likeness (QED) is 0.418. The first-order valence-corrected chi connectivity index (χ1v) is 5.30. The maximum absolute atomic E-state index is 5.15. The summed E-state index contributed by atoms with van der Waals surface area (Å²) in [5.41, 5.74) is 3.69. The second kappa shape index (κ2) is 4.78. The summed E-state index contributed by atoms with van der Waals surface area (Å²) in [7, 11) is 0. The molecule has 0 radical (unpaired) electrons. The second-order valence-corrected chi connectivity index (χ2v) is 3.63. The van der Waals surface area contributed by atoms with E-state index in [2.05, 4.69) is 29.9 Å². The zero-order valence-corrected chi connectivity index (χ0v) is 8.78. The van der Waals surface area contributed by atoms with Gasteiger partial charge in [0.2, 0.25) is 0 Å². The van der Waals surface area contributed by atoms with Crippen molar-refractivity contribution < 1.29 is 4.84 Å². The summed E-state index contributed by atoms with van der Waals surface area (Å²) < 4.78 is 0. The van der Waals surface area contributed by atoms with Gasteiger partial charge in [0.25, 0.3) is 0 Å². The summed E-state index contributed by atoms with van der Waals surface area (Å²) in [5, 5.41) is 4.16. The lowest BCUT2D eigenvalue weighted by Gasteiger charge is -2.16. The number of benzene rings is 1. The molecule has 0 heterocycles. The van der Waals surface area contributed by atoms with E-state index in [-0.39, 0.29) is 0 Å². The van der Waals surface area contributed by atoms with Gasteiger partial charge in [0, 0.05) is 5.56 Å². The molecule has 1 aliphatic carbocycles. The van der Waals surface area contributed by atoms with E-state index in [1.54, 1.807) is 6.08 Å². The number of hydrogen-bond acceptors (Lipinski definition) is 2. The van der Waals surface area contributed by atoms with Crippen LogP contribution in [-0.4, -0.2) is 12.3 Å². The van der Waals surface area contributed by atoms with Gasteiger partial charge in [-0.1, -0.05) is 42.1 Å². The molecule has 1 aromatic carbocycles. The first kappa shape index (κ1) is 9.97.